The van der Waals surface area contributed by atoms with Crippen LogP contribution in [-0.2, 0) is 4.79 Å². The maximum atomic E-state index is 12.5. The summed E-state index contributed by atoms with van der Waals surface area (Å²) >= 11 is 1.33. The Kier molecular flexibility index (Phi) is 5.45. The van der Waals surface area contributed by atoms with Crippen LogP contribution in [0.25, 0.3) is 5.69 Å². The second kappa shape index (κ2) is 7.94. The first-order valence-electron chi connectivity index (χ1n) is 8.01. The largest absolute Gasteiger partial charge is 0.349 e. The highest BCUT2D eigenvalue weighted by Gasteiger charge is 2.20. The van der Waals surface area contributed by atoms with Gasteiger partial charge in [0.05, 0.1) is 17.0 Å². The number of nitrogens with zero attached hydrogens (tertiary/aromatic N) is 4. The van der Waals surface area contributed by atoms with E-state index in [0.717, 1.165) is 11.3 Å². The van der Waals surface area contributed by atoms with Crippen molar-refractivity contribution in [1.29, 1.82) is 0 Å². The molecular weight excluding hydrogens is 334 g/mol. The van der Waals surface area contributed by atoms with Crippen LogP contribution in [0.5, 0.6) is 0 Å². The summed E-state index contributed by atoms with van der Waals surface area (Å²) in [5, 5.41) is 15.1. The van der Waals surface area contributed by atoms with Crippen LogP contribution in [0.1, 0.15) is 25.5 Å². The lowest BCUT2D eigenvalue weighted by Crippen LogP contribution is -2.33. The van der Waals surface area contributed by atoms with Crippen molar-refractivity contribution in [3.05, 3.63) is 66.2 Å². The molecule has 0 saturated carbocycles. The Labute approximate surface area is 150 Å². The molecule has 6 nitrogen and oxygen atoms in total. The summed E-state index contributed by atoms with van der Waals surface area (Å²) in [6.07, 6.45) is 0. The van der Waals surface area contributed by atoms with Gasteiger partial charge >= 0.3 is 0 Å². The van der Waals surface area contributed by atoms with Crippen LogP contribution in [0, 0.1) is 0 Å². The zero-order valence-electron chi connectivity index (χ0n) is 14.0. The topological polar surface area (TPSA) is 72.7 Å². The van der Waals surface area contributed by atoms with E-state index in [1.807, 2.05) is 74.5 Å². The number of nitrogens with one attached hydrogen (secondary N) is 1. The predicted molar refractivity (Wildman–Crippen MR) is 97.5 cm³/mol. The fraction of sp³-hybridized carbons (Fsp3) is 0.222. The maximum Gasteiger partial charge on any atom is 0.233 e. The van der Waals surface area contributed by atoms with Crippen molar-refractivity contribution in [2.75, 3.05) is 0 Å². The van der Waals surface area contributed by atoms with Crippen molar-refractivity contribution < 1.29 is 4.79 Å². The van der Waals surface area contributed by atoms with E-state index in [1.165, 1.54) is 11.8 Å². The van der Waals surface area contributed by atoms with Crippen LogP contribution in [0.2, 0.25) is 0 Å². The third kappa shape index (κ3) is 4.24. The summed E-state index contributed by atoms with van der Waals surface area (Å²) in [5.41, 5.74) is 1.93. The molecule has 0 radical (unpaired) electrons. The Bertz CT molecular complexity index is 822. The molecule has 0 aliphatic heterocycles. The van der Waals surface area contributed by atoms with Gasteiger partial charge in [-0.2, -0.15) is 4.68 Å². The van der Waals surface area contributed by atoms with Gasteiger partial charge in [0.2, 0.25) is 11.1 Å². The third-order valence-corrected chi connectivity index (χ3v) is 4.78. The van der Waals surface area contributed by atoms with Crippen LogP contribution in [0.15, 0.2) is 65.8 Å². The van der Waals surface area contributed by atoms with Crippen LogP contribution in [0.3, 0.4) is 0 Å². The molecule has 1 heterocycles. The van der Waals surface area contributed by atoms with Gasteiger partial charge in [-0.05, 0) is 42.0 Å². The van der Waals surface area contributed by atoms with Crippen molar-refractivity contribution in [3.63, 3.8) is 0 Å². The number of para-hydroxylation sites is 1. The van der Waals surface area contributed by atoms with E-state index < -0.39 is 0 Å². The number of thioether (sulfide) groups is 1. The molecule has 3 aromatic rings. The molecule has 1 amide bonds. The minimum Gasteiger partial charge on any atom is -0.349 e. The SMILES string of the molecule is CC(Sc1nnnn1-c1ccccc1)C(=O)NC(C)c1ccccc1. The summed E-state index contributed by atoms with van der Waals surface area (Å²) in [6, 6.07) is 19.4. The summed E-state index contributed by atoms with van der Waals surface area (Å²) in [6.45, 7) is 3.82. The second-order valence-electron chi connectivity index (χ2n) is 5.61. The zero-order chi connectivity index (χ0) is 17.6. The quantitative estimate of drug-likeness (QED) is 0.690. The number of hydrogen-bond acceptors (Lipinski definition) is 5. The molecule has 2 unspecified atom stereocenters. The molecule has 7 heteroatoms. The van der Waals surface area contributed by atoms with E-state index in [4.69, 9.17) is 0 Å². The zero-order valence-corrected chi connectivity index (χ0v) is 14.9. The number of carbonyl (C=O) groups is 1. The Morgan fingerprint density at radius 2 is 1.68 bits per heavy atom. The lowest BCUT2D eigenvalue weighted by atomic mass is 10.1. The van der Waals surface area contributed by atoms with Crippen molar-refractivity contribution in [3.8, 4) is 5.69 Å². The second-order valence-corrected chi connectivity index (χ2v) is 6.92. The first kappa shape index (κ1) is 17.2. The van der Waals surface area contributed by atoms with Crippen LogP contribution < -0.4 is 5.32 Å². The van der Waals surface area contributed by atoms with Gasteiger partial charge in [0.1, 0.15) is 0 Å². The van der Waals surface area contributed by atoms with Crippen molar-refractivity contribution in [1.82, 2.24) is 25.5 Å². The highest BCUT2D eigenvalue weighted by Crippen LogP contribution is 2.23. The van der Waals surface area contributed by atoms with Crippen molar-refractivity contribution in [2.45, 2.75) is 30.3 Å². The Balaban J connectivity index is 1.66. The molecule has 0 fully saturated rings. The van der Waals surface area contributed by atoms with E-state index in [1.54, 1.807) is 4.68 Å². The van der Waals surface area contributed by atoms with Gasteiger partial charge in [-0.1, -0.05) is 60.3 Å². The lowest BCUT2D eigenvalue weighted by Gasteiger charge is -2.17. The Morgan fingerprint density at radius 1 is 1.04 bits per heavy atom. The van der Waals surface area contributed by atoms with Gasteiger partial charge in [0.25, 0.3) is 0 Å². The highest BCUT2D eigenvalue weighted by molar-refractivity contribution is 8.00. The first-order valence-corrected chi connectivity index (χ1v) is 8.89. The Morgan fingerprint density at radius 3 is 2.36 bits per heavy atom. The lowest BCUT2D eigenvalue weighted by molar-refractivity contribution is -0.120. The van der Waals surface area contributed by atoms with E-state index >= 15 is 0 Å². The number of rotatable bonds is 6. The molecule has 3 rings (SSSR count). The molecule has 2 aromatic carbocycles. The molecule has 0 saturated heterocycles. The minimum absolute atomic E-state index is 0.0519. The van der Waals surface area contributed by atoms with Gasteiger partial charge in [-0.25, -0.2) is 0 Å². The molecule has 0 bridgehead atoms. The molecular formula is C18H19N5OS. The van der Waals surface area contributed by atoms with Gasteiger partial charge in [0, 0.05) is 0 Å². The first-order chi connectivity index (χ1) is 12.1. The molecule has 0 aliphatic carbocycles. The van der Waals surface area contributed by atoms with Gasteiger partial charge < -0.3 is 5.32 Å². The van der Waals surface area contributed by atoms with Crippen LogP contribution >= 0.6 is 11.8 Å². The molecule has 0 aliphatic rings. The highest BCUT2D eigenvalue weighted by atomic mass is 32.2. The van der Waals surface area contributed by atoms with Gasteiger partial charge in [0.15, 0.2) is 0 Å². The number of benzene rings is 2. The number of hydrogen-bond donors (Lipinski definition) is 1. The molecule has 128 valence electrons. The molecule has 1 aromatic heterocycles. The van der Waals surface area contributed by atoms with Crippen LogP contribution in [-0.4, -0.2) is 31.4 Å². The summed E-state index contributed by atoms with van der Waals surface area (Å²) in [5.74, 6) is -0.0519. The van der Waals surface area contributed by atoms with Gasteiger partial charge in [-0.3, -0.25) is 4.79 Å². The van der Waals surface area contributed by atoms with E-state index in [9.17, 15) is 4.79 Å². The molecule has 0 spiro atoms. The van der Waals surface area contributed by atoms with E-state index in [0.29, 0.717) is 5.16 Å². The molecule has 25 heavy (non-hydrogen) atoms. The Hall–Kier alpha value is -2.67. The number of carbonyl (C=O) groups excluding carboxylic acids is 1. The standard InChI is InChI=1S/C18H19N5OS/c1-13(15-9-5-3-6-10-15)19-17(24)14(2)25-18-20-21-22-23(18)16-11-7-4-8-12-16/h3-14H,1-2H3,(H,19,24). The summed E-state index contributed by atoms with van der Waals surface area (Å²) in [4.78, 5) is 12.5. The average molecular weight is 353 g/mol. The normalized spacial score (nSPS) is 13.2. The number of amides is 1. The van der Waals surface area contributed by atoms with Crippen LogP contribution in [0.4, 0.5) is 0 Å². The average Bonchev–Trinajstić information content (AvgIpc) is 3.11. The fourth-order valence-corrected chi connectivity index (χ4v) is 3.17. The summed E-state index contributed by atoms with van der Waals surface area (Å²) in [7, 11) is 0. The van der Waals surface area contributed by atoms with Gasteiger partial charge in [-0.15, -0.1) is 5.10 Å². The number of aromatic nitrogens is 4. The fourth-order valence-electron chi connectivity index (χ4n) is 2.35. The summed E-state index contributed by atoms with van der Waals surface area (Å²) < 4.78 is 1.63. The smallest absolute Gasteiger partial charge is 0.233 e. The predicted octanol–water partition coefficient (Wildman–Crippen LogP) is 3.02. The van der Waals surface area contributed by atoms with E-state index in [2.05, 4.69) is 20.8 Å². The number of tetrazole rings is 1. The third-order valence-electron chi connectivity index (χ3n) is 3.75. The minimum atomic E-state index is -0.320. The van der Waals surface area contributed by atoms with E-state index in [-0.39, 0.29) is 17.2 Å². The maximum absolute atomic E-state index is 12.5. The van der Waals surface area contributed by atoms with Crippen molar-refractivity contribution >= 4 is 17.7 Å². The molecule has 1 N–H and O–H groups in total. The molecule has 2 atom stereocenters. The monoisotopic (exact) mass is 353 g/mol. The van der Waals surface area contributed by atoms with Crippen molar-refractivity contribution in [2.24, 2.45) is 0 Å².